The molecular weight excluding hydrogens is 366 g/mol. The van der Waals surface area contributed by atoms with Crippen molar-refractivity contribution in [1.29, 1.82) is 0 Å². The molecule has 1 N–H and O–H groups in total. The molecule has 142 valence electrons. The van der Waals surface area contributed by atoms with E-state index in [1.165, 1.54) is 0 Å². The van der Waals surface area contributed by atoms with Gasteiger partial charge in [-0.1, -0.05) is 23.7 Å². The molecule has 2 amide bonds. The number of hydrogen-bond acceptors (Lipinski definition) is 4. The second kappa shape index (κ2) is 9.39. The number of amides is 2. The van der Waals surface area contributed by atoms with Crippen molar-refractivity contribution in [3.63, 3.8) is 0 Å². The van der Waals surface area contributed by atoms with Crippen LogP contribution in [0.2, 0.25) is 5.02 Å². The number of carbonyl (C=O) groups excluding carboxylic acids is 2. The molecule has 2 aromatic carbocycles. The molecule has 0 aliphatic carbocycles. The predicted molar refractivity (Wildman–Crippen MR) is 105 cm³/mol. The van der Waals surface area contributed by atoms with Gasteiger partial charge in [0.15, 0.2) is 0 Å². The van der Waals surface area contributed by atoms with Gasteiger partial charge in [-0.05, 0) is 42.0 Å². The van der Waals surface area contributed by atoms with Crippen molar-refractivity contribution < 1.29 is 14.3 Å². The first-order valence-electron chi connectivity index (χ1n) is 8.81. The number of benzene rings is 2. The van der Waals surface area contributed by atoms with Gasteiger partial charge in [-0.3, -0.25) is 14.5 Å². The Morgan fingerprint density at radius 3 is 2.33 bits per heavy atom. The van der Waals surface area contributed by atoms with Gasteiger partial charge in [-0.2, -0.15) is 0 Å². The van der Waals surface area contributed by atoms with E-state index in [-0.39, 0.29) is 5.91 Å². The third kappa shape index (κ3) is 5.98. The zero-order chi connectivity index (χ0) is 19.1. The normalized spacial score (nSPS) is 14.6. The average molecular weight is 388 g/mol. The van der Waals surface area contributed by atoms with E-state index in [4.69, 9.17) is 16.3 Å². The van der Waals surface area contributed by atoms with Gasteiger partial charge in [0, 0.05) is 36.9 Å². The van der Waals surface area contributed by atoms with Crippen LogP contribution in [0.3, 0.4) is 0 Å². The van der Waals surface area contributed by atoms with Crippen LogP contribution in [0.4, 0.5) is 5.69 Å². The molecule has 27 heavy (non-hydrogen) atoms. The number of halogens is 1. The van der Waals surface area contributed by atoms with Gasteiger partial charge in [0.05, 0.1) is 6.54 Å². The minimum atomic E-state index is -0.0654. The highest BCUT2D eigenvalue weighted by Crippen LogP contribution is 2.18. The lowest BCUT2D eigenvalue weighted by Gasteiger charge is -2.31. The van der Waals surface area contributed by atoms with Crippen LogP contribution in [0, 0.1) is 0 Å². The lowest BCUT2D eigenvalue weighted by Crippen LogP contribution is -2.48. The molecule has 1 heterocycles. The molecule has 0 atom stereocenters. The van der Waals surface area contributed by atoms with Crippen molar-refractivity contribution in [1.82, 2.24) is 9.80 Å². The smallest absolute Gasteiger partial charge is 0.238 e. The largest absolute Gasteiger partial charge is 0.489 e. The summed E-state index contributed by atoms with van der Waals surface area (Å²) in [4.78, 5) is 26.6. The van der Waals surface area contributed by atoms with Crippen molar-refractivity contribution in [3.05, 3.63) is 59.1 Å². The molecular formula is C20H22ClN3O3. The number of nitrogens with zero attached hydrogens (tertiary/aromatic N) is 2. The summed E-state index contributed by atoms with van der Waals surface area (Å²) in [5.74, 6) is 0.664. The maximum absolute atomic E-state index is 12.2. The first-order chi connectivity index (χ1) is 13.1. The zero-order valence-corrected chi connectivity index (χ0v) is 15.7. The Bertz CT molecular complexity index is 757. The fraction of sp³-hybridized carbons (Fsp3) is 0.300. The number of nitrogens with one attached hydrogen (secondary N) is 1. The molecule has 1 aliphatic rings. The van der Waals surface area contributed by atoms with Crippen molar-refractivity contribution >= 4 is 29.6 Å². The summed E-state index contributed by atoms with van der Waals surface area (Å²) in [6.45, 7) is 3.53. The minimum absolute atomic E-state index is 0.0654. The second-order valence-electron chi connectivity index (χ2n) is 6.41. The molecule has 0 unspecified atom stereocenters. The summed E-state index contributed by atoms with van der Waals surface area (Å²) in [7, 11) is 0. The van der Waals surface area contributed by atoms with E-state index in [1.54, 1.807) is 4.90 Å². The number of carbonyl (C=O) groups is 2. The van der Waals surface area contributed by atoms with Gasteiger partial charge < -0.3 is 15.0 Å². The molecule has 3 rings (SSSR count). The minimum Gasteiger partial charge on any atom is -0.489 e. The van der Waals surface area contributed by atoms with Crippen LogP contribution in [0.25, 0.3) is 0 Å². The van der Waals surface area contributed by atoms with Crippen LogP contribution < -0.4 is 10.1 Å². The number of ether oxygens (including phenoxy) is 1. The van der Waals surface area contributed by atoms with E-state index >= 15 is 0 Å². The van der Waals surface area contributed by atoms with Gasteiger partial charge in [0.1, 0.15) is 12.4 Å². The number of hydrogen-bond donors (Lipinski definition) is 1. The van der Waals surface area contributed by atoms with E-state index in [0.29, 0.717) is 44.4 Å². The topological polar surface area (TPSA) is 61.9 Å². The second-order valence-corrected chi connectivity index (χ2v) is 6.84. The van der Waals surface area contributed by atoms with Crippen LogP contribution in [0.5, 0.6) is 5.75 Å². The summed E-state index contributed by atoms with van der Waals surface area (Å²) < 4.78 is 5.74. The van der Waals surface area contributed by atoms with Gasteiger partial charge in [-0.15, -0.1) is 0 Å². The predicted octanol–water partition coefficient (Wildman–Crippen LogP) is 2.63. The van der Waals surface area contributed by atoms with Crippen molar-refractivity contribution in [2.24, 2.45) is 0 Å². The summed E-state index contributed by atoms with van der Waals surface area (Å²) in [5.41, 5.74) is 1.76. The van der Waals surface area contributed by atoms with Crippen LogP contribution in [0.15, 0.2) is 48.5 Å². The van der Waals surface area contributed by atoms with Gasteiger partial charge >= 0.3 is 0 Å². The molecule has 1 fully saturated rings. The Morgan fingerprint density at radius 1 is 1.04 bits per heavy atom. The highest BCUT2D eigenvalue weighted by molar-refractivity contribution is 6.30. The fourth-order valence-corrected chi connectivity index (χ4v) is 2.94. The fourth-order valence-electron chi connectivity index (χ4n) is 2.81. The molecule has 0 spiro atoms. The molecule has 2 aromatic rings. The van der Waals surface area contributed by atoms with Gasteiger partial charge in [-0.25, -0.2) is 0 Å². The molecule has 1 aliphatic heterocycles. The molecule has 0 radical (unpaired) electrons. The summed E-state index contributed by atoms with van der Waals surface area (Å²) in [6.07, 6.45) is 0.855. The third-order valence-corrected chi connectivity index (χ3v) is 4.63. The Balaban J connectivity index is 1.43. The number of anilines is 1. The van der Waals surface area contributed by atoms with E-state index in [9.17, 15) is 9.59 Å². The van der Waals surface area contributed by atoms with Gasteiger partial charge in [0.25, 0.3) is 0 Å². The van der Waals surface area contributed by atoms with Crippen LogP contribution in [-0.4, -0.2) is 54.8 Å². The summed E-state index contributed by atoms with van der Waals surface area (Å²) in [5, 5.41) is 3.59. The quantitative estimate of drug-likeness (QED) is 0.742. The Labute approximate surface area is 163 Å². The number of piperazine rings is 1. The molecule has 0 saturated carbocycles. The average Bonchev–Trinajstić information content (AvgIpc) is 2.69. The third-order valence-electron chi connectivity index (χ3n) is 4.38. The SMILES string of the molecule is O=CN1CCN(CC(=O)Nc2ccc(OCc3ccc(Cl)cc3)cc2)CC1. The summed E-state index contributed by atoms with van der Waals surface area (Å²) in [6, 6.07) is 14.8. The molecule has 1 saturated heterocycles. The molecule has 7 heteroatoms. The van der Waals surface area contributed by atoms with Crippen LogP contribution >= 0.6 is 11.6 Å². The monoisotopic (exact) mass is 387 g/mol. The van der Waals surface area contributed by atoms with Crippen molar-refractivity contribution in [2.45, 2.75) is 6.61 Å². The number of rotatable bonds is 7. The Hall–Kier alpha value is -2.57. The lowest BCUT2D eigenvalue weighted by atomic mass is 10.2. The summed E-state index contributed by atoms with van der Waals surface area (Å²) >= 11 is 5.87. The molecule has 0 aromatic heterocycles. The Kier molecular flexibility index (Phi) is 6.68. The first-order valence-corrected chi connectivity index (χ1v) is 9.19. The van der Waals surface area contributed by atoms with E-state index in [1.807, 2.05) is 53.4 Å². The van der Waals surface area contributed by atoms with Crippen molar-refractivity contribution in [2.75, 3.05) is 38.0 Å². The Morgan fingerprint density at radius 2 is 1.70 bits per heavy atom. The zero-order valence-electron chi connectivity index (χ0n) is 14.9. The van der Waals surface area contributed by atoms with E-state index < -0.39 is 0 Å². The maximum atomic E-state index is 12.2. The highest BCUT2D eigenvalue weighted by atomic mass is 35.5. The van der Waals surface area contributed by atoms with E-state index in [2.05, 4.69) is 5.32 Å². The van der Waals surface area contributed by atoms with Crippen LogP contribution in [-0.2, 0) is 16.2 Å². The standard InChI is InChI=1S/C20H22ClN3O3/c21-17-3-1-16(2-4-17)14-27-19-7-5-18(6-8-19)22-20(26)13-23-9-11-24(15-25)12-10-23/h1-8,15H,9-14H2,(H,22,26). The van der Waals surface area contributed by atoms with E-state index in [0.717, 1.165) is 23.4 Å². The maximum Gasteiger partial charge on any atom is 0.238 e. The van der Waals surface area contributed by atoms with Gasteiger partial charge in [0.2, 0.25) is 12.3 Å². The molecule has 0 bridgehead atoms. The first kappa shape index (κ1) is 19.2. The van der Waals surface area contributed by atoms with Crippen LogP contribution in [0.1, 0.15) is 5.56 Å². The lowest BCUT2D eigenvalue weighted by molar-refractivity contribution is -0.120. The highest BCUT2D eigenvalue weighted by Gasteiger charge is 2.17. The van der Waals surface area contributed by atoms with Crippen molar-refractivity contribution in [3.8, 4) is 5.75 Å². The molecule has 6 nitrogen and oxygen atoms in total.